The van der Waals surface area contributed by atoms with E-state index in [2.05, 4.69) is 284 Å². The lowest BCUT2D eigenvalue weighted by atomic mass is 9.69. The van der Waals surface area contributed by atoms with Gasteiger partial charge in [-0.3, -0.25) is 0 Å². The number of fused-ring (bicyclic) bond motifs is 21. The molecule has 101 heavy (non-hydrogen) atoms. The second-order valence-corrected chi connectivity index (χ2v) is 31.2. The van der Waals surface area contributed by atoms with Crippen molar-refractivity contribution in [2.24, 2.45) is 0 Å². The minimum atomic E-state index is -0.256. The number of furan rings is 2. The smallest absolute Gasteiger partial charge is 0.136 e. The molecule has 2 heteroatoms. The molecule has 0 bridgehead atoms. The summed E-state index contributed by atoms with van der Waals surface area (Å²) < 4.78 is 13.1. The summed E-state index contributed by atoms with van der Waals surface area (Å²) >= 11 is 0. The maximum absolute atomic E-state index is 6.57. The number of rotatable bonds is 18. The molecule has 0 amide bonds. The molecule has 3 aliphatic rings. The minimum Gasteiger partial charge on any atom is -0.456 e. The molecular weight excluding hydrogens is 1220 g/mol. The Balaban J connectivity index is 0.714. The first kappa shape index (κ1) is 61.8. The van der Waals surface area contributed by atoms with Gasteiger partial charge in [-0.2, -0.15) is 0 Å². The first-order valence-electron chi connectivity index (χ1n) is 37.9. The van der Waals surface area contributed by atoms with Crippen LogP contribution in [0.4, 0.5) is 0 Å². The first-order chi connectivity index (χ1) is 49.4. The molecule has 2 heterocycles. The van der Waals surface area contributed by atoms with E-state index in [0.717, 1.165) is 67.8 Å². The zero-order valence-corrected chi connectivity index (χ0v) is 59.3. The second kappa shape index (κ2) is 23.9. The Labute approximate surface area is 593 Å². The predicted octanol–water partition coefficient (Wildman–Crippen LogP) is 29.1. The Morgan fingerprint density at radius 2 is 0.564 bits per heavy atom. The highest BCUT2D eigenvalue weighted by atomic mass is 16.3. The van der Waals surface area contributed by atoms with Gasteiger partial charge in [-0.25, -0.2) is 0 Å². The molecule has 0 unspecified atom stereocenters. The van der Waals surface area contributed by atoms with E-state index in [1.54, 1.807) is 11.1 Å². The van der Waals surface area contributed by atoms with Crippen LogP contribution in [0, 0.1) is 0 Å². The summed E-state index contributed by atoms with van der Waals surface area (Å²) in [5.74, 6) is 0. The zero-order chi connectivity index (χ0) is 67.9. The molecule has 2 aromatic heterocycles. The van der Waals surface area contributed by atoms with Crippen molar-refractivity contribution in [3.05, 3.63) is 276 Å². The van der Waals surface area contributed by atoms with Crippen molar-refractivity contribution in [2.75, 3.05) is 0 Å². The van der Waals surface area contributed by atoms with Crippen LogP contribution >= 0.6 is 0 Å². The summed E-state index contributed by atoms with van der Waals surface area (Å²) in [7, 11) is 0. The monoisotopic (exact) mass is 1310 g/mol. The van der Waals surface area contributed by atoms with Crippen molar-refractivity contribution in [1.82, 2.24) is 0 Å². The molecular formula is C99H86O2. The number of hydrogen-bond acceptors (Lipinski definition) is 2. The van der Waals surface area contributed by atoms with Crippen LogP contribution in [0.3, 0.4) is 0 Å². The Kier molecular flexibility index (Phi) is 14.6. The molecule has 0 saturated carbocycles. The lowest BCUT2D eigenvalue weighted by Crippen LogP contribution is -2.26. The molecule has 0 spiro atoms. The molecule has 0 saturated heterocycles. The van der Waals surface area contributed by atoms with Crippen LogP contribution in [0.1, 0.15) is 165 Å². The van der Waals surface area contributed by atoms with Gasteiger partial charge in [-0.05, 0) is 252 Å². The van der Waals surface area contributed by atoms with Crippen molar-refractivity contribution in [1.29, 1.82) is 0 Å². The van der Waals surface area contributed by atoms with Gasteiger partial charge in [0.2, 0.25) is 0 Å². The Hall–Kier alpha value is -10.3. The number of hydrogen-bond donors (Lipinski definition) is 0. The lowest BCUT2D eigenvalue weighted by Gasteiger charge is -2.34. The van der Waals surface area contributed by atoms with E-state index < -0.39 is 0 Å². The predicted molar refractivity (Wildman–Crippen MR) is 430 cm³/mol. The van der Waals surface area contributed by atoms with Crippen LogP contribution in [0.5, 0.6) is 0 Å². The van der Waals surface area contributed by atoms with Crippen molar-refractivity contribution in [3.63, 3.8) is 0 Å². The highest BCUT2D eigenvalue weighted by Gasteiger charge is 2.49. The van der Waals surface area contributed by atoms with Crippen LogP contribution in [0.15, 0.2) is 251 Å². The minimum absolute atomic E-state index is 0.133. The summed E-state index contributed by atoms with van der Waals surface area (Å²) in [6.07, 6.45) is 17.7. The molecule has 19 rings (SSSR count). The largest absolute Gasteiger partial charge is 0.456 e. The van der Waals surface area contributed by atoms with E-state index in [1.165, 1.54) is 209 Å². The van der Waals surface area contributed by atoms with Crippen LogP contribution in [0.25, 0.3) is 165 Å². The third kappa shape index (κ3) is 9.78. The number of unbranched alkanes of at least 4 members (excludes halogenated alkanes) is 10. The van der Waals surface area contributed by atoms with Crippen molar-refractivity contribution in [3.8, 4) is 77.9 Å². The molecule has 494 valence electrons. The topological polar surface area (TPSA) is 26.3 Å². The van der Waals surface area contributed by atoms with Crippen LogP contribution < -0.4 is 0 Å². The molecule has 0 atom stereocenters. The van der Waals surface area contributed by atoms with E-state index in [9.17, 15) is 0 Å². The van der Waals surface area contributed by atoms with Crippen LogP contribution in [-0.4, -0.2) is 0 Å². The van der Waals surface area contributed by atoms with Gasteiger partial charge in [0, 0.05) is 37.8 Å². The summed E-state index contributed by atoms with van der Waals surface area (Å²) in [5, 5.41) is 14.8. The van der Waals surface area contributed by atoms with E-state index >= 15 is 0 Å². The molecule has 0 radical (unpaired) electrons. The fraction of sp³-hybridized carbons (Fsp3) is 0.232. The van der Waals surface area contributed by atoms with E-state index in [-0.39, 0.29) is 16.2 Å². The standard InChI is InChI=1S/C99H86O2/c1-7-9-11-13-15-25-47-99(48-26-16-14-12-10-8-2)87-59-83-85(97(3,4)89-55-77(71-31-21-23-33-75(71)95(83)89)63-39-35-61(36-40-63)69-43-45-73-81-49-65-27-17-19-29-67(65)51-93(81)100-91(73)53-69)57-79(87)80-58-86-84(60-88(80)99)96-76-34-24-22-32-72(76)78(56-90(96)98(86,5)6)64-41-37-62(38-42-64)70-44-46-74-82-50-66-28-18-20-30-68(66)52-94(82)101-92(74)54-70/h17-24,27-46,49-60H,7-16,25-26,47-48H2,1-6H3. The van der Waals surface area contributed by atoms with Gasteiger partial charge in [-0.1, -0.05) is 276 Å². The van der Waals surface area contributed by atoms with Crippen LogP contribution in [-0.2, 0) is 16.2 Å². The molecule has 16 aromatic rings. The van der Waals surface area contributed by atoms with E-state index in [4.69, 9.17) is 8.83 Å². The summed E-state index contributed by atoms with van der Waals surface area (Å²) in [6.45, 7) is 14.7. The van der Waals surface area contributed by atoms with E-state index in [0.29, 0.717) is 0 Å². The van der Waals surface area contributed by atoms with Gasteiger partial charge in [0.1, 0.15) is 22.3 Å². The summed E-state index contributed by atoms with van der Waals surface area (Å²) in [4.78, 5) is 0. The van der Waals surface area contributed by atoms with Gasteiger partial charge in [-0.15, -0.1) is 0 Å². The van der Waals surface area contributed by atoms with Crippen molar-refractivity contribution < 1.29 is 8.83 Å². The number of benzene rings is 14. The lowest BCUT2D eigenvalue weighted by molar-refractivity contribution is 0.398. The molecule has 14 aromatic carbocycles. The zero-order valence-electron chi connectivity index (χ0n) is 59.3. The van der Waals surface area contributed by atoms with Gasteiger partial charge in [0.25, 0.3) is 0 Å². The SMILES string of the molecule is CCCCCCCCC1(CCCCCCCC)c2cc3c(cc2-c2cc4c(cc21)-c1c(cc(-c2ccc(-c5ccc6c(c5)oc5cc7ccccc7cc56)cc2)c2ccccc12)C4(C)C)C(C)(C)c1cc(-c2ccc(-c4ccc5c(c4)oc4cc6ccccc6cc45)cc2)c2ccccc2c1-3. The summed E-state index contributed by atoms with van der Waals surface area (Å²) in [5.41, 5.74) is 30.4. The fourth-order valence-electron chi connectivity index (χ4n) is 19.2. The normalized spacial score (nSPS) is 14.4. The Morgan fingerprint density at radius 3 is 0.980 bits per heavy atom. The van der Waals surface area contributed by atoms with Gasteiger partial charge in [0.05, 0.1) is 0 Å². The second-order valence-electron chi connectivity index (χ2n) is 31.2. The molecule has 3 aliphatic carbocycles. The molecule has 0 aliphatic heterocycles. The Morgan fingerprint density at radius 1 is 0.238 bits per heavy atom. The van der Waals surface area contributed by atoms with Crippen molar-refractivity contribution in [2.45, 2.75) is 148 Å². The van der Waals surface area contributed by atoms with E-state index in [1.807, 2.05) is 0 Å². The molecule has 0 fully saturated rings. The highest BCUT2D eigenvalue weighted by Crippen LogP contribution is 2.64. The van der Waals surface area contributed by atoms with Crippen LogP contribution in [0.2, 0.25) is 0 Å². The third-order valence-corrected chi connectivity index (χ3v) is 24.6. The first-order valence-corrected chi connectivity index (χ1v) is 37.9. The van der Waals surface area contributed by atoms with Crippen molar-refractivity contribution >= 4 is 87.0 Å². The fourth-order valence-corrected chi connectivity index (χ4v) is 19.2. The maximum Gasteiger partial charge on any atom is 0.136 e. The van der Waals surface area contributed by atoms with Gasteiger partial charge in [0.15, 0.2) is 0 Å². The summed E-state index contributed by atoms with van der Waals surface area (Å²) in [6, 6.07) is 93.0. The average molecular weight is 1310 g/mol. The Bertz CT molecular complexity index is 5670. The quantitative estimate of drug-likeness (QED) is 0.0801. The van der Waals surface area contributed by atoms with Gasteiger partial charge < -0.3 is 8.83 Å². The maximum atomic E-state index is 6.57. The third-order valence-electron chi connectivity index (χ3n) is 24.6. The average Bonchev–Trinajstić information content (AvgIpc) is 1.52. The van der Waals surface area contributed by atoms with Gasteiger partial charge >= 0.3 is 0 Å². The molecule has 0 N–H and O–H groups in total. The molecule has 2 nitrogen and oxygen atoms in total. The highest BCUT2D eigenvalue weighted by molar-refractivity contribution is 6.15.